The van der Waals surface area contributed by atoms with Crippen molar-refractivity contribution in [3.05, 3.63) is 23.0 Å². The number of nitrogens with zero attached hydrogens (tertiary/aromatic N) is 1. The van der Waals surface area contributed by atoms with Crippen LogP contribution in [-0.2, 0) is 45.3 Å². The minimum absolute atomic E-state index is 0. The monoisotopic (exact) mass is 280 g/mol. The fourth-order valence-corrected chi connectivity index (χ4v) is 2.02. The summed E-state index contributed by atoms with van der Waals surface area (Å²) in [6.45, 7) is 9.92. The molecule has 0 aliphatic heterocycles. The summed E-state index contributed by atoms with van der Waals surface area (Å²) >= 11 is 0. The zero-order chi connectivity index (χ0) is 9.84. The van der Waals surface area contributed by atoms with Gasteiger partial charge in [0.05, 0.1) is 0 Å². The van der Waals surface area contributed by atoms with Crippen LogP contribution in [0.15, 0.2) is 0 Å². The molecule has 0 aliphatic carbocycles. The summed E-state index contributed by atoms with van der Waals surface area (Å²) in [6, 6.07) is 0. The molecular formula is C12H20NRu. The molecule has 1 heterocycles. The van der Waals surface area contributed by atoms with Crippen molar-refractivity contribution < 1.29 is 19.5 Å². The molecule has 0 saturated carbocycles. The first-order valence-corrected chi connectivity index (χ1v) is 5.40. The summed E-state index contributed by atoms with van der Waals surface area (Å²) in [5.41, 5.74) is 4.44. The van der Waals surface area contributed by atoms with Crippen LogP contribution in [0.2, 0.25) is 0 Å². The average molecular weight is 279 g/mol. The van der Waals surface area contributed by atoms with Gasteiger partial charge in [-0.2, -0.15) is 11.1 Å². The second-order valence-corrected chi connectivity index (χ2v) is 3.32. The van der Waals surface area contributed by atoms with Crippen molar-refractivity contribution in [1.29, 1.82) is 0 Å². The molecule has 1 radical (unpaired) electrons. The molecule has 14 heavy (non-hydrogen) atoms. The van der Waals surface area contributed by atoms with Crippen molar-refractivity contribution in [2.45, 2.75) is 53.5 Å². The van der Waals surface area contributed by atoms with E-state index >= 15 is 0 Å². The molecule has 0 amide bonds. The third-order valence-corrected chi connectivity index (χ3v) is 2.67. The van der Waals surface area contributed by atoms with Crippen LogP contribution in [0, 0.1) is 6.20 Å². The molecular weight excluding hydrogens is 259 g/mol. The van der Waals surface area contributed by atoms with Gasteiger partial charge in [-0.1, -0.05) is 40.0 Å². The molecule has 1 aromatic heterocycles. The van der Waals surface area contributed by atoms with E-state index in [1.54, 1.807) is 0 Å². The third kappa shape index (κ3) is 2.48. The van der Waals surface area contributed by atoms with E-state index in [0.717, 1.165) is 25.8 Å². The van der Waals surface area contributed by atoms with Crippen LogP contribution in [0.1, 0.15) is 44.5 Å². The minimum Gasteiger partial charge on any atom is -0.468 e. The van der Waals surface area contributed by atoms with Crippen LogP contribution in [-0.4, -0.2) is 4.57 Å². The van der Waals surface area contributed by atoms with Crippen molar-refractivity contribution in [1.82, 2.24) is 4.57 Å². The van der Waals surface area contributed by atoms with Crippen LogP contribution in [0.4, 0.5) is 0 Å². The smallest absolute Gasteiger partial charge is 0.468 e. The van der Waals surface area contributed by atoms with Crippen molar-refractivity contribution in [2.24, 2.45) is 0 Å². The minimum atomic E-state index is 0. The fourth-order valence-electron chi connectivity index (χ4n) is 2.02. The quantitative estimate of drug-likeness (QED) is 0.590. The molecule has 0 bridgehead atoms. The van der Waals surface area contributed by atoms with E-state index in [9.17, 15) is 0 Å². The molecule has 0 atom stereocenters. The summed E-state index contributed by atoms with van der Waals surface area (Å²) in [7, 11) is 0. The number of hydrogen-bond acceptors (Lipinski definition) is 0. The Morgan fingerprint density at radius 2 is 1.64 bits per heavy atom. The molecule has 0 fully saturated rings. The van der Waals surface area contributed by atoms with Gasteiger partial charge < -0.3 is 4.57 Å². The maximum atomic E-state index is 3.47. The summed E-state index contributed by atoms with van der Waals surface area (Å²) < 4.78 is 2.28. The molecule has 0 unspecified atom stereocenters. The third-order valence-electron chi connectivity index (χ3n) is 2.67. The van der Waals surface area contributed by atoms with Gasteiger partial charge in [0.15, 0.2) is 0 Å². The molecule has 0 aromatic carbocycles. The number of hydrogen-bond donors (Lipinski definition) is 0. The van der Waals surface area contributed by atoms with E-state index in [-0.39, 0.29) is 19.5 Å². The number of aromatic nitrogens is 1. The molecule has 0 aliphatic rings. The molecule has 1 rings (SSSR count). The predicted octanol–water partition coefficient (Wildman–Crippen LogP) is 2.99. The van der Waals surface area contributed by atoms with Crippen molar-refractivity contribution >= 4 is 0 Å². The Morgan fingerprint density at radius 1 is 1.00 bits per heavy atom. The summed E-state index contributed by atoms with van der Waals surface area (Å²) in [5, 5.41) is 0. The SMILES string of the molecule is CCc1[c-]n(CC)c(CC)c1CC.[Ru+]. The number of aryl methyl sites for hydroxylation is 2. The summed E-state index contributed by atoms with van der Waals surface area (Å²) in [5.74, 6) is 0. The first-order valence-electron chi connectivity index (χ1n) is 5.40. The summed E-state index contributed by atoms with van der Waals surface area (Å²) in [6.07, 6.45) is 6.86. The van der Waals surface area contributed by atoms with Crippen molar-refractivity contribution in [3.63, 3.8) is 0 Å². The molecule has 1 nitrogen and oxygen atoms in total. The molecule has 2 heteroatoms. The Labute approximate surface area is 101 Å². The largest absolute Gasteiger partial charge is 1.00 e. The van der Waals surface area contributed by atoms with Gasteiger partial charge in [0.1, 0.15) is 0 Å². The van der Waals surface area contributed by atoms with Gasteiger partial charge >= 0.3 is 19.5 Å². The van der Waals surface area contributed by atoms with Crippen LogP contribution < -0.4 is 0 Å². The van der Waals surface area contributed by atoms with E-state index in [0.29, 0.717) is 0 Å². The standard InChI is InChI=1S/C12H20N.Ru/c1-5-10-9-13(8-4)12(7-3)11(10)6-2;/h5-8H2,1-4H3;/q-1;+1. The van der Waals surface area contributed by atoms with E-state index in [4.69, 9.17) is 0 Å². The van der Waals surface area contributed by atoms with Gasteiger partial charge in [0.2, 0.25) is 0 Å². The van der Waals surface area contributed by atoms with E-state index in [1.807, 2.05) is 0 Å². The van der Waals surface area contributed by atoms with E-state index < -0.39 is 0 Å². The van der Waals surface area contributed by atoms with E-state index in [1.165, 1.54) is 16.8 Å². The zero-order valence-corrected chi connectivity index (χ0v) is 11.4. The van der Waals surface area contributed by atoms with Crippen LogP contribution in [0.25, 0.3) is 0 Å². The maximum Gasteiger partial charge on any atom is 1.00 e. The number of rotatable bonds is 4. The molecule has 1 aromatic rings. The van der Waals surface area contributed by atoms with Gasteiger partial charge in [-0.05, 0) is 13.5 Å². The molecule has 0 spiro atoms. The van der Waals surface area contributed by atoms with Gasteiger partial charge in [0.25, 0.3) is 0 Å². The second-order valence-electron chi connectivity index (χ2n) is 3.32. The Hall–Kier alpha value is -0.0966. The summed E-state index contributed by atoms with van der Waals surface area (Å²) in [4.78, 5) is 0. The van der Waals surface area contributed by atoms with Crippen LogP contribution >= 0.6 is 0 Å². The first-order chi connectivity index (χ1) is 6.28. The van der Waals surface area contributed by atoms with Crippen molar-refractivity contribution in [3.8, 4) is 0 Å². The molecule has 81 valence electrons. The van der Waals surface area contributed by atoms with Gasteiger partial charge in [-0.3, -0.25) is 0 Å². The molecule has 0 N–H and O–H groups in total. The predicted molar refractivity (Wildman–Crippen MR) is 57.1 cm³/mol. The topological polar surface area (TPSA) is 4.93 Å². The Balaban J connectivity index is 0.00000169. The van der Waals surface area contributed by atoms with Gasteiger partial charge in [0, 0.05) is 0 Å². The Kier molecular flexibility index (Phi) is 6.35. The first kappa shape index (κ1) is 13.9. The van der Waals surface area contributed by atoms with Crippen LogP contribution in [0.3, 0.4) is 0 Å². The molecule has 0 saturated heterocycles. The Morgan fingerprint density at radius 3 is 2.00 bits per heavy atom. The fraction of sp³-hybridized carbons (Fsp3) is 0.667. The van der Waals surface area contributed by atoms with Crippen LogP contribution in [0.5, 0.6) is 0 Å². The maximum absolute atomic E-state index is 3.47. The normalized spacial score (nSPS) is 10.0. The Bertz CT molecular complexity index is 250. The second kappa shape index (κ2) is 6.40. The van der Waals surface area contributed by atoms with Gasteiger partial charge in [-0.15, -0.1) is 11.9 Å². The average Bonchev–Trinajstić information content (AvgIpc) is 2.54. The van der Waals surface area contributed by atoms with Gasteiger partial charge in [-0.25, -0.2) is 0 Å². The van der Waals surface area contributed by atoms with E-state index in [2.05, 4.69) is 38.5 Å². The van der Waals surface area contributed by atoms with Crippen molar-refractivity contribution in [2.75, 3.05) is 0 Å². The zero-order valence-electron chi connectivity index (χ0n) is 9.63.